The molecule has 1 fully saturated rings. The van der Waals surface area contributed by atoms with Gasteiger partial charge in [0.05, 0.1) is 6.10 Å². The minimum Gasteiger partial charge on any atom is -0.393 e. The lowest BCUT2D eigenvalue weighted by Crippen LogP contribution is -2.41. The highest BCUT2D eigenvalue weighted by molar-refractivity contribution is 7.13. The highest BCUT2D eigenvalue weighted by atomic mass is 32.1. The maximum Gasteiger partial charge on any atom is 0.273 e. The molecular weight excluding hydrogens is 334 g/mol. The summed E-state index contributed by atoms with van der Waals surface area (Å²) in [4.78, 5) is 18.6. The fourth-order valence-electron chi connectivity index (χ4n) is 3.33. The van der Waals surface area contributed by atoms with Crippen LogP contribution in [0.5, 0.6) is 0 Å². The number of carbonyl (C=O) groups is 1. The fraction of sp³-hybridized carbons (Fsp3) is 0.474. The van der Waals surface area contributed by atoms with Crippen LogP contribution in [0.25, 0.3) is 0 Å². The Hall–Kier alpha value is -1.92. The predicted octanol–water partition coefficient (Wildman–Crippen LogP) is 3.03. The Morgan fingerprint density at radius 2 is 2.08 bits per heavy atom. The topological polar surface area (TPSA) is 65.5 Å². The average molecular weight is 359 g/mol. The Labute approximate surface area is 152 Å². The van der Waals surface area contributed by atoms with Crippen molar-refractivity contribution >= 4 is 22.4 Å². The molecule has 0 spiro atoms. The van der Waals surface area contributed by atoms with E-state index in [1.165, 1.54) is 16.9 Å². The lowest BCUT2D eigenvalue weighted by molar-refractivity contribution is 0.0434. The first kappa shape index (κ1) is 17.9. The summed E-state index contributed by atoms with van der Waals surface area (Å²) in [7, 11) is 1.80. The number of piperidine rings is 1. The van der Waals surface area contributed by atoms with Gasteiger partial charge in [0.25, 0.3) is 5.91 Å². The number of aryl methyl sites for hydroxylation is 1. The summed E-state index contributed by atoms with van der Waals surface area (Å²) in [5.74, 6) is 0.269. The van der Waals surface area contributed by atoms with E-state index in [2.05, 4.69) is 22.4 Å². The smallest absolute Gasteiger partial charge is 0.273 e. The first-order chi connectivity index (χ1) is 12.2. The van der Waals surface area contributed by atoms with Crippen molar-refractivity contribution in [1.82, 2.24) is 9.88 Å². The molecule has 2 N–H and O–H groups in total. The van der Waals surface area contributed by atoms with E-state index in [0.717, 1.165) is 30.8 Å². The summed E-state index contributed by atoms with van der Waals surface area (Å²) in [5, 5.41) is 16.0. The Bertz CT molecular complexity index is 681. The number of likely N-dealkylation sites (tertiary alicyclic amines) is 1. The van der Waals surface area contributed by atoms with Crippen molar-refractivity contribution in [2.45, 2.75) is 31.8 Å². The quantitative estimate of drug-likeness (QED) is 0.832. The van der Waals surface area contributed by atoms with Crippen molar-refractivity contribution in [3.63, 3.8) is 0 Å². The molecule has 3 rings (SSSR count). The predicted molar refractivity (Wildman–Crippen MR) is 101 cm³/mol. The highest BCUT2D eigenvalue weighted by Gasteiger charge is 2.28. The van der Waals surface area contributed by atoms with Crippen LogP contribution in [0, 0.1) is 5.92 Å². The molecule has 1 aliphatic heterocycles. The zero-order chi connectivity index (χ0) is 17.6. The van der Waals surface area contributed by atoms with Crippen molar-refractivity contribution in [2.24, 2.45) is 5.92 Å². The van der Waals surface area contributed by atoms with Gasteiger partial charge >= 0.3 is 0 Å². The Balaban J connectivity index is 1.47. The zero-order valence-corrected chi connectivity index (χ0v) is 15.3. The summed E-state index contributed by atoms with van der Waals surface area (Å²) >= 11 is 1.44. The minimum absolute atomic E-state index is 0.00465. The molecule has 1 atom stereocenters. The second-order valence-corrected chi connectivity index (χ2v) is 7.37. The van der Waals surface area contributed by atoms with Crippen LogP contribution in [0.15, 0.2) is 35.7 Å². The van der Waals surface area contributed by atoms with Crippen molar-refractivity contribution in [3.05, 3.63) is 47.0 Å². The molecule has 0 unspecified atom stereocenters. The van der Waals surface area contributed by atoms with Gasteiger partial charge in [-0.3, -0.25) is 4.79 Å². The van der Waals surface area contributed by atoms with E-state index in [9.17, 15) is 9.90 Å². The normalized spacial score (nSPS) is 16.6. The lowest BCUT2D eigenvalue weighted by atomic mass is 9.88. The molecule has 1 aromatic carbocycles. The first-order valence-electron chi connectivity index (χ1n) is 8.82. The number of thiazole rings is 1. The highest BCUT2D eigenvalue weighted by Crippen LogP contribution is 2.25. The van der Waals surface area contributed by atoms with Gasteiger partial charge in [-0.25, -0.2) is 4.98 Å². The molecule has 2 aromatic rings. The van der Waals surface area contributed by atoms with Gasteiger partial charge < -0.3 is 15.3 Å². The fourth-order valence-corrected chi connectivity index (χ4v) is 3.98. The third-order valence-electron chi connectivity index (χ3n) is 4.88. The molecular formula is C19H25N3O2S. The molecule has 25 heavy (non-hydrogen) atoms. The van der Waals surface area contributed by atoms with Gasteiger partial charge in [0.2, 0.25) is 0 Å². The van der Waals surface area contributed by atoms with E-state index in [1.807, 2.05) is 23.1 Å². The number of carbonyl (C=O) groups excluding carboxylic acids is 1. The number of aliphatic hydroxyl groups is 1. The molecule has 2 heterocycles. The number of nitrogens with one attached hydrogen (secondary N) is 1. The molecule has 1 aromatic heterocycles. The third kappa shape index (κ3) is 4.58. The number of nitrogens with zero attached hydrogens (tertiary/aromatic N) is 2. The number of aliphatic hydroxyl groups excluding tert-OH is 1. The van der Waals surface area contributed by atoms with Gasteiger partial charge in [0.15, 0.2) is 5.13 Å². The van der Waals surface area contributed by atoms with Crippen LogP contribution in [0.2, 0.25) is 0 Å². The van der Waals surface area contributed by atoms with E-state index in [0.29, 0.717) is 18.8 Å². The van der Waals surface area contributed by atoms with Crippen molar-refractivity contribution in [2.75, 3.05) is 25.5 Å². The Kier molecular flexibility index (Phi) is 6.04. The summed E-state index contributed by atoms with van der Waals surface area (Å²) in [6.07, 6.45) is 3.08. The molecule has 0 bridgehead atoms. The largest absolute Gasteiger partial charge is 0.393 e. The van der Waals surface area contributed by atoms with Gasteiger partial charge in [0.1, 0.15) is 5.69 Å². The number of rotatable bonds is 6. The molecule has 134 valence electrons. The average Bonchev–Trinajstić information content (AvgIpc) is 3.16. The summed E-state index contributed by atoms with van der Waals surface area (Å²) < 4.78 is 0. The molecule has 1 aliphatic rings. The molecule has 0 radical (unpaired) electrons. The second kappa shape index (κ2) is 8.45. The molecule has 0 aliphatic carbocycles. The van der Waals surface area contributed by atoms with Crippen LogP contribution in [0.4, 0.5) is 5.13 Å². The number of hydrogen-bond acceptors (Lipinski definition) is 5. The van der Waals surface area contributed by atoms with E-state index in [4.69, 9.17) is 0 Å². The van der Waals surface area contributed by atoms with E-state index < -0.39 is 0 Å². The number of hydrogen-bond donors (Lipinski definition) is 2. The van der Waals surface area contributed by atoms with Gasteiger partial charge in [-0.2, -0.15) is 0 Å². The molecule has 5 nitrogen and oxygen atoms in total. The third-order valence-corrected chi connectivity index (χ3v) is 5.74. The van der Waals surface area contributed by atoms with Crippen LogP contribution < -0.4 is 5.32 Å². The van der Waals surface area contributed by atoms with Crippen LogP contribution in [0.3, 0.4) is 0 Å². The van der Waals surface area contributed by atoms with Crippen molar-refractivity contribution in [3.8, 4) is 0 Å². The van der Waals surface area contributed by atoms with Gasteiger partial charge in [-0.1, -0.05) is 30.3 Å². The van der Waals surface area contributed by atoms with Crippen LogP contribution in [-0.4, -0.2) is 47.1 Å². The van der Waals surface area contributed by atoms with E-state index in [-0.39, 0.29) is 17.9 Å². The van der Waals surface area contributed by atoms with E-state index in [1.54, 1.807) is 12.4 Å². The zero-order valence-electron chi connectivity index (χ0n) is 14.5. The molecule has 0 saturated carbocycles. The van der Waals surface area contributed by atoms with Gasteiger partial charge in [-0.05, 0) is 37.2 Å². The second-order valence-electron chi connectivity index (χ2n) is 6.51. The molecule has 6 heteroatoms. The van der Waals surface area contributed by atoms with Gasteiger partial charge in [0, 0.05) is 25.5 Å². The minimum atomic E-state index is -0.298. The van der Waals surface area contributed by atoms with Crippen molar-refractivity contribution < 1.29 is 9.90 Å². The monoisotopic (exact) mass is 359 g/mol. The number of benzene rings is 1. The molecule has 1 amide bonds. The van der Waals surface area contributed by atoms with Gasteiger partial charge in [-0.15, -0.1) is 11.3 Å². The van der Waals surface area contributed by atoms with Crippen molar-refractivity contribution in [1.29, 1.82) is 0 Å². The lowest BCUT2D eigenvalue weighted by Gasteiger charge is -2.34. The summed E-state index contributed by atoms with van der Waals surface area (Å²) in [6.45, 7) is 1.39. The van der Waals surface area contributed by atoms with Crippen LogP contribution in [0.1, 0.15) is 35.3 Å². The van der Waals surface area contributed by atoms with Crippen LogP contribution in [-0.2, 0) is 6.42 Å². The van der Waals surface area contributed by atoms with Crippen LogP contribution >= 0.6 is 11.3 Å². The number of aromatic nitrogens is 1. The number of anilines is 1. The Morgan fingerprint density at radius 3 is 2.72 bits per heavy atom. The Morgan fingerprint density at radius 1 is 1.36 bits per heavy atom. The summed E-state index contributed by atoms with van der Waals surface area (Å²) in [5.41, 5.74) is 1.77. The summed E-state index contributed by atoms with van der Waals surface area (Å²) in [6, 6.07) is 10.3. The van der Waals surface area contributed by atoms with E-state index >= 15 is 0 Å². The molecule has 1 saturated heterocycles. The number of amides is 1. The standard InChI is InChI=1S/C19H25N3O2S/c1-20-19-21-16(13-25-19)18(24)22-11-9-15(10-12-22)17(23)8-7-14-5-3-2-4-6-14/h2-6,13,15,17,23H,7-12H2,1H3,(H,20,21)/t17-/m0/s1. The first-order valence-corrected chi connectivity index (χ1v) is 9.70. The maximum absolute atomic E-state index is 12.5. The SMILES string of the molecule is CNc1nc(C(=O)N2CCC([C@@H](O)CCc3ccccc3)CC2)cs1. The maximum atomic E-state index is 12.5.